The summed E-state index contributed by atoms with van der Waals surface area (Å²) < 4.78 is 7.21. The maximum absolute atomic E-state index is 6.10. The van der Waals surface area contributed by atoms with Crippen molar-refractivity contribution < 1.29 is 4.74 Å². The quantitative estimate of drug-likeness (QED) is 0.894. The summed E-state index contributed by atoms with van der Waals surface area (Å²) in [5.74, 6) is 0. The fraction of sp³-hybridized carbons (Fsp3) is 0.600. The van der Waals surface area contributed by atoms with Gasteiger partial charge in [0.05, 0.1) is 12.7 Å². The van der Waals surface area contributed by atoms with Crippen molar-refractivity contribution in [2.75, 3.05) is 7.05 Å². The number of halogens is 1. The monoisotopic (exact) mass is 311 g/mol. The van der Waals surface area contributed by atoms with Gasteiger partial charge in [-0.3, -0.25) is 0 Å². The van der Waals surface area contributed by atoms with E-state index in [1.165, 1.54) is 5.56 Å². The molecule has 0 aliphatic heterocycles. The number of benzene rings is 1. The number of nitrogens with one attached hydrogen (secondary N) is 1. The van der Waals surface area contributed by atoms with Gasteiger partial charge in [0.1, 0.15) is 0 Å². The number of hydrogen-bond donors (Lipinski definition) is 1. The minimum absolute atomic E-state index is 0.279. The molecule has 1 saturated carbocycles. The molecule has 0 radical (unpaired) electrons. The van der Waals surface area contributed by atoms with Gasteiger partial charge in [0.15, 0.2) is 0 Å². The summed E-state index contributed by atoms with van der Waals surface area (Å²) >= 11 is 3.49. The van der Waals surface area contributed by atoms with Crippen LogP contribution in [-0.2, 0) is 11.3 Å². The number of hydrogen-bond acceptors (Lipinski definition) is 2. The molecule has 1 aromatic carbocycles. The van der Waals surface area contributed by atoms with E-state index in [4.69, 9.17) is 4.74 Å². The van der Waals surface area contributed by atoms with Crippen LogP contribution in [0.25, 0.3) is 0 Å². The van der Waals surface area contributed by atoms with Gasteiger partial charge < -0.3 is 10.1 Å². The maximum atomic E-state index is 6.10. The van der Waals surface area contributed by atoms with Crippen LogP contribution in [0.5, 0.6) is 0 Å². The van der Waals surface area contributed by atoms with Crippen molar-refractivity contribution in [2.45, 2.75) is 45.4 Å². The molecule has 1 aliphatic carbocycles. The molecular formula is C15H22BrNO. The summed E-state index contributed by atoms with van der Waals surface area (Å²) in [6, 6.07) is 8.92. The second kappa shape index (κ2) is 5.72. The molecular weight excluding hydrogens is 290 g/mol. The maximum Gasteiger partial charge on any atom is 0.0721 e. The van der Waals surface area contributed by atoms with Gasteiger partial charge in [-0.2, -0.15) is 0 Å². The Bertz CT molecular complexity index is 409. The highest BCUT2D eigenvalue weighted by Crippen LogP contribution is 2.45. The highest BCUT2D eigenvalue weighted by molar-refractivity contribution is 9.10. The Morgan fingerprint density at radius 1 is 1.50 bits per heavy atom. The zero-order valence-corrected chi connectivity index (χ0v) is 13.0. The summed E-state index contributed by atoms with van der Waals surface area (Å²) in [5, 5.41) is 3.39. The van der Waals surface area contributed by atoms with Crippen molar-refractivity contribution in [3.8, 4) is 0 Å². The number of ether oxygens (including phenoxy) is 1. The summed E-state index contributed by atoms with van der Waals surface area (Å²) in [7, 11) is 2.04. The van der Waals surface area contributed by atoms with E-state index in [1.807, 2.05) is 13.1 Å². The van der Waals surface area contributed by atoms with Gasteiger partial charge in [-0.05, 0) is 37.6 Å². The largest absolute Gasteiger partial charge is 0.373 e. The van der Waals surface area contributed by atoms with Crippen LogP contribution >= 0.6 is 15.9 Å². The predicted octanol–water partition coefficient (Wildman–Crippen LogP) is 3.74. The summed E-state index contributed by atoms with van der Waals surface area (Å²) in [6.07, 6.45) is 2.65. The molecule has 0 amide bonds. The van der Waals surface area contributed by atoms with Gasteiger partial charge >= 0.3 is 0 Å². The molecule has 1 aromatic rings. The van der Waals surface area contributed by atoms with Crippen LogP contribution in [0.1, 0.15) is 32.3 Å². The Hall–Kier alpha value is -0.380. The van der Waals surface area contributed by atoms with Gasteiger partial charge in [-0.15, -0.1) is 0 Å². The molecule has 0 bridgehead atoms. The van der Waals surface area contributed by atoms with E-state index in [2.05, 4.69) is 53.3 Å². The molecule has 1 N–H and O–H groups in total. The van der Waals surface area contributed by atoms with Crippen molar-refractivity contribution in [1.29, 1.82) is 0 Å². The summed E-state index contributed by atoms with van der Waals surface area (Å²) in [4.78, 5) is 0. The van der Waals surface area contributed by atoms with Gasteiger partial charge in [0.25, 0.3) is 0 Å². The minimum atomic E-state index is 0.279. The molecule has 0 spiro atoms. The Kier molecular flexibility index (Phi) is 4.46. The lowest BCUT2D eigenvalue weighted by Crippen LogP contribution is -2.61. The van der Waals surface area contributed by atoms with E-state index in [-0.39, 0.29) is 5.41 Å². The molecule has 2 nitrogen and oxygen atoms in total. The Morgan fingerprint density at radius 2 is 2.28 bits per heavy atom. The highest BCUT2D eigenvalue weighted by atomic mass is 79.9. The van der Waals surface area contributed by atoms with E-state index in [9.17, 15) is 0 Å². The third-order valence-corrected chi connectivity index (χ3v) is 4.93. The molecule has 3 atom stereocenters. The molecule has 0 saturated heterocycles. The van der Waals surface area contributed by atoms with Crippen LogP contribution in [0, 0.1) is 5.41 Å². The van der Waals surface area contributed by atoms with E-state index in [0.29, 0.717) is 18.8 Å². The molecule has 1 fully saturated rings. The second-order valence-electron chi connectivity index (χ2n) is 5.37. The molecule has 2 rings (SSSR count). The van der Waals surface area contributed by atoms with Gasteiger partial charge in [0.2, 0.25) is 0 Å². The first-order valence-corrected chi connectivity index (χ1v) is 7.42. The van der Waals surface area contributed by atoms with Crippen LogP contribution in [-0.4, -0.2) is 19.2 Å². The van der Waals surface area contributed by atoms with Crippen LogP contribution in [0.15, 0.2) is 28.7 Å². The third kappa shape index (κ3) is 2.63. The van der Waals surface area contributed by atoms with Gasteiger partial charge in [-0.1, -0.05) is 41.9 Å². The molecule has 0 aromatic heterocycles. The van der Waals surface area contributed by atoms with E-state index >= 15 is 0 Å². The topological polar surface area (TPSA) is 21.3 Å². The lowest BCUT2D eigenvalue weighted by molar-refractivity contribution is -0.134. The Labute approximate surface area is 118 Å². The fourth-order valence-corrected chi connectivity index (χ4v) is 3.27. The zero-order chi connectivity index (χ0) is 13.2. The van der Waals surface area contributed by atoms with Crippen LogP contribution in [0.2, 0.25) is 0 Å². The van der Waals surface area contributed by atoms with Crippen LogP contribution < -0.4 is 5.32 Å². The Balaban J connectivity index is 1.92. The Morgan fingerprint density at radius 3 is 2.89 bits per heavy atom. The normalized spacial score (nSPS) is 31.1. The minimum Gasteiger partial charge on any atom is -0.373 e. The smallest absolute Gasteiger partial charge is 0.0721 e. The van der Waals surface area contributed by atoms with E-state index in [1.54, 1.807) is 0 Å². The van der Waals surface area contributed by atoms with Gasteiger partial charge in [-0.25, -0.2) is 0 Å². The van der Waals surface area contributed by atoms with Crippen molar-refractivity contribution in [3.05, 3.63) is 34.3 Å². The first-order chi connectivity index (χ1) is 8.60. The number of rotatable bonds is 5. The first-order valence-electron chi connectivity index (χ1n) is 6.63. The average molecular weight is 312 g/mol. The first kappa shape index (κ1) is 14.0. The van der Waals surface area contributed by atoms with E-state index in [0.717, 1.165) is 17.3 Å². The molecule has 18 heavy (non-hydrogen) atoms. The predicted molar refractivity (Wildman–Crippen MR) is 78.6 cm³/mol. The lowest BCUT2D eigenvalue weighted by atomic mass is 9.61. The summed E-state index contributed by atoms with van der Waals surface area (Å²) in [6.45, 7) is 5.28. The lowest BCUT2D eigenvalue weighted by Gasteiger charge is -2.53. The molecule has 3 heteroatoms. The van der Waals surface area contributed by atoms with Crippen LogP contribution in [0.3, 0.4) is 0 Å². The fourth-order valence-electron chi connectivity index (χ4n) is 2.82. The molecule has 0 heterocycles. The SMILES string of the molecule is CCC1(C)C(NC)CC1OCc1cccc(Br)c1. The average Bonchev–Trinajstić information content (AvgIpc) is 2.36. The van der Waals surface area contributed by atoms with E-state index < -0.39 is 0 Å². The highest BCUT2D eigenvalue weighted by Gasteiger charge is 2.50. The molecule has 100 valence electrons. The van der Waals surface area contributed by atoms with Crippen LogP contribution in [0.4, 0.5) is 0 Å². The zero-order valence-electron chi connectivity index (χ0n) is 11.4. The van der Waals surface area contributed by atoms with Crippen molar-refractivity contribution >= 4 is 15.9 Å². The van der Waals surface area contributed by atoms with Crippen molar-refractivity contribution in [2.24, 2.45) is 5.41 Å². The molecule has 1 aliphatic rings. The molecule has 3 unspecified atom stereocenters. The standard InChI is InChI=1S/C15H22BrNO/c1-4-15(2)13(17-3)9-14(15)18-10-11-6-5-7-12(16)8-11/h5-8,13-14,17H,4,9-10H2,1-3H3. The second-order valence-corrected chi connectivity index (χ2v) is 6.28. The van der Waals surface area contributed by atoms with Crippen molar-refractivity contribution in [1.82, 2.24) is 5.32 Å². The third-order valence-electron chi connectivity index (χ3n) is 4.43. The summed E-state index contributed by atoms with van der Waals surface area (Å²) in [5.41, 5.74) is 1.51. The van der Waals surface area contributed by atoms with Crippen molar-refractivity contribution in [3.63, 3.8) is 0 Å². The van der Waals surface area contributed by atoms with Gasteiger partial charge in [0, 0.05) is 15.9 Å².